The third kappa shape index (κ3) is 2.87. The second kappa shape index (κ2) is 6.00. The summed E-state index contributed by atoms with van der Waals surface area (Å²) >= 11 is 0. The molecule has 2 aromatic rings. The maximum atomic E-state index is 4.75. The first-order valence-corrected chi connectivity index (χ1v) is 7.63. The molecule has 21 heavy (non-hydrogen) atoms. The minimum atomic E-state index is 0.643. The number of hydrogen-bond donors (Lipinski definition) is 1. The molecule has 0 spiro atoms. The first kappa shape index (κ1) is 14.3. The summed E-state index contributed by atoms with van der Waals surface area (Å²) in [5.74, 6) is 0. The molecule has 1 atom stereocenters. The second-order valence-electron chi connectivity index (χ2n) is 6.03. The largest absolute Gasteiger partial charge is 0.369 e. The molecule has 4 heteroatoms. The summed E-state index contributed by atoms with van der Waals surface area (Å²) in [4.78, 5) is 9.59. The zero-order chi connectivity index (χ0) is 14.8. The first-order chi connectivity index (χ1) is 10.2. The summed E-state index contributed by atoms with van der Waals surface area (Å²) in [6, 6.07) is 11.3. The third-order valence-corrected chi connectivity index (χ3v) is 4.34. The van der Waals surface area contributed by atoms with Crippen LogP contribution < -0.4 is 10.2 Å². The van der Waals surface area contributed by atoms with Crippen LogP contribution in [0.15, 0.2) is 30.3 Å². The van der Waals surface area contributed by atoms with Crippen molar-refractivity contribution >= 4 is 16.6 Å². The zero-order valence-electron chi connectivity index (χ0n) is 13.1. The summed E-state index contributed by atoms with van der Waals surface area (Å²) in [5.41, 5.74) is 3.53. The van der Waals surface area contributed by atoms with E-state index in [1.54, 1.807) is 0 Å². The highest BCUT2D eigenvalue weighted by molar-refractivity contribution is 5.92. The monoisotopic (exact) mass is 284 g/mol. The average Bonchev–Trinajstić information content (AvgIpc) is 2.96. The predicted octanol–water partition coefficient (Wildman–Crippen LogP) is 2.09. The zero-order valence-corrected chi connectivity index (χ0v) is 13.1. The van der Waals surface area contributed by atoms with Gasteiger partial charge in [-0.1, -0.05) is 18.2 Å². The molecule has 1 aromatic carbocycles. The Morgan fingerprint density at radius 1 is 1.33 bits per heavy atom. The molecule has 0 amide bonds. The summed E-state index contributed by atoms with van der Waals surface area (Å²) in [7, 11) is 6.31. The Bertz CT molecular complexity index is 623. The molecule has 1 saturated heterocycles. The number of nitrogens with zero attached hydrogens (tertiary/aromatic N) is 3. The van der Waals surface area contributed by atoms with Crippen molar-refractivity contribution in [2.45, 2.75) is 19.0 Å². The van der Waals surface area contributed by atoms with Crippen LogP contribution in [0.5, 0.6) is 0 Å². The number of nitrogens with one attached hydrogen (secondary N) is 1. The molecular formula is C17H24N4. The average molecular weight is 284 g/mol. The van der Waals surface area contributed by atoms with Crippen LogP contribution in [0.25, 0.3) is 10.9 Å². The maximum absolute atomic E-state index is 4.75. The number of rotatable bonds is 4. The number of aromatic nitrogens is 1. The van der Waals surface area contributed by atoms with Gasteiger partial charge in [0.2, 0.25) is 0 Å². The van der Waals surface area contributed by atoms with Gasteiger partial charge in [0.25, 0.3) is 0 Å². The lowest BCUT2D eigenvalue weighted by Crippen LogP contribution is -2.31. The smallest absolute Gasteiger partial charge is 0.0726 e. The Hall–Kier alpha value is -1.65. The first-order valence-electron chi connectivity index (χ1n) is 7.63. The van der Waals surface area contributed by atoms with Gasteiger partial charge in [0, 0.05) is 36.7 Å². The van der Waals surface area contributed by atoms with Gasteiger partial charge in [0.15, 0.2) is 0 Å². The lowest BCUT2D eigenvalue weighted by molar-refractivity contribution is 0.315. The number of benzene rings is 1. The Morgan fingerprint density at radius 2 is 2.14 bits per heavy atom. The fraction of sp³-hybridized carbons (Fsp3) is 0.471. The lowest BCUT2D eigenvalue weighted by atomic mass is 10.1. The van der Waals surface area contributed by atoms with Crippen LogP contribution in [0.2, 0.25) is 0 Å². The Balaban J connectivity index is 2.00. The third-order valence-electron chi connectivity index (χ3n) is 4.34. The van der Waals surface area contributed by atoms with Crippen LogP contribution in [-0.2, 0) is 6.54 Å². The molecule has 1 N–H and O–H groups in total. The van der Waals surface area contributed by atoms with E-state index in [-0.39, 0.29) is 0 Å². The lowest BCUT2D eigenvalue weighted by Gasteiger charge is -2.23. The number of para-hydroxylation sites is 1. The van der Waals surface area contributed by atoms with Gasteiger partial charge < -0.3 is 15.1 Å². The molecule has 0 radical (unpaired) electrons. The van der Waals surface area contributed by atoms with Gasteiger partial charge in [0.1, 0.15) is 0 Å². The summed E-state index contributed by atoms with van der Waals surface area (Å²) in [5, 5.41) is 4.47. The molecule has 1 fully saturated rings. The Morgan fingerprint density at radius 3 is 2.86 bits per heavy atom. The van der Waals surface area contributed by atoms with Gasteiger partial charge in [0.05, 0.1) is 11.2 Å². The highest BCUT2D eigenvalue weighted by Gasteiger charge is 2.25. The molecule has 1 aliphatic rings. The summed E-state index contributed by atoms with van der Waals surface area (Å²) in [6.45, 7) is 3.03. The van der Waals surface area contributed by atoms with Gasteiger partial charge in [-0.3, -0.25) is 4.98 Å². The molecule has 0 bridgehead atoms. The number of anilines is 1. The number of hydrogen-bond acceptors (Lipinski definition) is 4. The van der Waals surface area contributed by atoms with Crippen molar-refractivity contribution in [3.8, 4) is 0 Å². The van der Waals surface area contributed by atoms with Crippen LogP contribution in [0, 0.1) is 0 Å². The van der Waals surface area contributed by atoms with E-state index in [1.165, 1.54) is 17.5 Å². The van der Waals surface area contributed by atoms with Crippen molar-refractivity contribution in [2.24, 2.45) is 0 Å². The SMILES string of the molecule is CNCc1cc(N2CCC(N(C)C)C2)c2ccccc2n1. The fourth-order valence-corrected chi connectivity index (χ4v) is 3.13. The Labute approximate surface area is 126 Å². The van der Waals surface area contributed by atoms with Gasteiger partial charge in [-0.05, 0) is 39.7 Å². The maximum Gasteiger partial charge on any atom is 0.0726 e. The van der Waals surface area contributed by atoms with Crippen molar-refractivity contribution in [3.63, 3.8) is 0 Å². The van der Waals surface area contributed by atoms with Gasteiger partial charge >= 0.3 is 0 Å². The predicted molar refractivity (Wildman–Crippen MR) is 88.8 cm³/mol. The highest BCUT2D eigenvalue weighted by Crippen LogP contribution is 2.30. The number of likely N-dealkylation sites (N-methyl/N-ethyl adjacent to an activating group) is 1. The van der Waals surface area contributed by atoms with Crippen LogP contribution in [0.4, 0.5) is 5.69 Å². The topological polar surface area (TPSA) is 31.4 Å². The molecule has 0 saturated carbocycles. The van der Waals surface area contributed by atoms with E-state index in [9.17, 15) is 0 Å². The van der Waals surface area contributed by atoms with Crippen LogP contribution in [0.1, 0.15) is 12.1 Å². The molecule has 0 aliphatic carbocycles. The van der Waals surface area contributed by atoms with Crippen molar-refractivity contribution in [1.29, 1.82) is 0 Å². The normalized spacial score (nSPS) is 18.9. The second-order valence-corrected chi connectivity index (χ2v) is 6.03. The van der Waals surface area contributed by atoms with E-state index in [0.717, 1.165) is 30.8 Å². The van der Waals surface area contributed by atoms with E-state index in [2.05, 4.69) is 59.5 Å². The van der Waals surface area contributed by atoms with Gasteiger partial charge in [-0.25, -0.2) is 0 Å². The van der Waals surface area contributed by atoms with Crippen molar-refractivity contribution in [2.75, 3.05) is 39.1 Å². The van der Waals surface area contributed by atoms with Crippen LogP contribution in [-0.4, -0.2) is 50.2 Å². The molecule has 1 unspecified atom stereocenters. The van der Waals surface area contributed by atoms with Crippen molar-refractivity contribution in [1.82, 2.24) is 15.2 Å². The number of pyridine rings is 1. The molecule has 2 heterocycles. The summed E-state index contributed by atoms with van der Waals surface area (Å²) < 4.78 is 0. The number of fused-ring (bicyclic) bond motifs is 1. The molecule has 1 aliphatic heterocycles. The van der Waals surface area contributed by atoms with Crippen molar-refractivity contribution < 1.29 is 0 Å². The minimum absolute atomic E-state index is 0.643. The molecule has 1 aromatic heterocycles. The van der Waals surface area contributed by atoms with Crippen molar-refractivity contribution in [3.05, 3.63) is 36.0 Å². The highest BCUT2D eigenvalue weighted by atomic mass is 15.2. The van der Waals surface area contributed by atoms with Crippen LogP contribution in [0.3, 0.4) is 0 Å². The van der Waals surface area contributed by atoms with Gasteiger partial charge in [-0.15, -0.1) is 0 Å². The fourth-order valence-electron chi connectivity index (χ4n) is 3.13. The molecule has 112 valence electrons. The van der Waals surface area contributed by atoms with Gasteiger partial charge in [-0.2, -0.15) is 0 Å². The molecule has 3 rings (SSSR count). The standard InChI is InChI=1S/C17H24N4/c1-18-11-13-10-17(15-6-4-5-7-16(15)19-13)21-9-8-14(12-21)20(2)3/h4-7,10,14,18H,8-9,11-12H2,1-3H3. The van der Waals surface area contributed by atoms with E-state index < -0.39 is 0 Å². The van der Waals surface area contributed by atoms with E-state index in [4.69, 9.17) is 4.98 Å². The minimum Gasteiger partial charge on any atom is -0.369 e. The molecular weight excluding hydrogens is 260 g/mol. The summed E-state index contributed by atoms with van der Waals surface area (Å²) in [6.07, 6.45) is 1.23. The molecule has 4 nitrogen and oxygen atoms in total. The Kier molecular flexibility index (Phi) is 4.08. The quantitative estimate of drug-likeness (QED) is 0.931. The van der Waals surface area contributed by atoms with E-state index in [0.29, 0.717) is 6.04 Å². The van der Waals surface area contributed by atoms with E-state index in [1.807, 2.05) is 7.05 Å². The van der Waals surface area contributed by atoms with E-state index >= 15 is 0 Å². The van der Waals surface area contributed by atoms with Crippen LogP contribution >= 0.6 is 0 Å².